The van der Waals surface area contributed by atoms with Crippen LogP contribution in [0.25, 0.3) is 0 Å². The first kappa shape index (κ1) is 12.1. The first-order chi connectivity index (χ1) is 7.78. The lowest BCUT2D eigenvalue weighted by atomic mass is 10.0. The van der Waals surface area contributed by atoms with E-state index in [0.29, 0.717) is 22.6 Å². The molecule has 0 radical (unpaired) electrons. The number of nitrogens with zero attached hydrogens (tertiary/aromatic N) is 2. The Balaban J connectivity index is 2.06. The fourth-order valence-electron chi connectivity index (χ4n) is 2.66. The molecule has 0 unspecified atom stereocenters. The van der Waals surface area contributed by atoms with E-state index in [2.05, 4.69) is 38.0 Å². The summed E-state index contributed by atoms with van der Waals surface area (Å²) in [5, 5.41) is 3.18. The standard InChI is InChI=1S/C13H21N3O/c1-12(2)9(13(12,3)4)8-15-10-11(17)16(5)7-6-14-10/h6-7,9H,8H2,1-5H3,(H,14,15). The predicted molar refractivity (Wildman–Crippen MR) is 69.0 cm³/mol. The number of aromatic nitrogens is 2. The zero-order chi connectivity index (χ0) is 12.8. The summed E-state index contributed by atoms with van der Waals surface area (Å²) in [5.41, 5.74) is 0.601. The van der Waals surface area contributed by atoms with Gasteiger partial charge >= 0.3 is 0 Å². The highest BCUT2D eigenvalue weighted by Crippen LogP contribution is 2.68. The maximum Gasteiger partial charge on any atom is 0.293 e. The van der Waals surface area contributed by atoms with Crippen LogP contribution in [0.5, 0.6) is 0 Å². The van der Waals surface area contributed by atoms with Crippen molar-refractivity contribution in [1.82, 2.24) is 9.55 Å². The smallest absolute Gasteiger partial charge is 0.293 e. The molecule has 1 aromatic heterocycles. The van der Waals surface area contributed by atoms with Crippen molar-refractivity contribution in [2.24, 2.45) is 23.8 Å². The zero-order valence-corrected chi connectivity index (χ0v) is 11.2. The molecule has 0 spiro atoms. The highest BCUT2D eigenvalue weighted by molar-refractivity contribution is 5.32. The van der Waals surface area contributed by atoms with Gasteiger partial charge in [-0.2, -0.15) is 0 Å². The Morgan fingerprint density at radius 2 is 1.94 bits per heavy atom. The van der Waals surface area contributed by atoms with E-state index < -0.39 is 0 Å². The third kappa shape index (κ3) is 1.75. The first-order valence-electron chi connectivity index (χ1n) is 6.04. The van der Waals surface area contributed by atoms with Gasteiger partial charge in [-0.25, -0.2) is 4.98 Å². The van der Waals surface area contributed by atoms with Crippen LogP contribution in [-0.4, -0.2) is 16.1 Å². The predicted octanol–water partition coefficient (Wildman–Crippen LogP) is 1.87. The summed E-state index contributed by atoms with van der Waals surface area (Å²) < 4.78 is 1.54. The van der Waals surface area contributed by atoms with Crippen LogP contribution in [0.2, 0.25) is 0 Å². The van der Waals surface area contributed by atoms with Crippen LogP contribution in [0.15, 0.2) is 17.2 Å². The fourth-order valence-corrected chi connectivity index (χ4v) is 2.66. The quantitative estimate of drug-likeness (QED) is 0.870. The van der Waals surface area contributed by atoms with Gasteiger partial charge in [0.2, 0.25) is 0 Å². The second-order valence-electron chi connectivity index (χ2n) is 6.07. The Morgan fingerprint density at radius 1 is 1.35 bits per heavy atom. The summed E-state index contributed by atoms with van der Waals surface area (Å²) in [6.07, 6.45) is 3.31. The summed E-state index contributed by atoms with van der Waals surface area (Å²) in [7, 11) is 1.74. The van der Waals surface area contributed by atoms with Gasteiger partial charge in [-0.05, 0) is 16.7 Å². The molecule has 17 heavy (non-hydrogen) atoms. The van der Waals surface area contributed by atoms with E-state index in [0.717, 1.165) is 6.54 Å². The molecule has 0 aliphatic heterocycles. The number of aryl methyl sites for hydroxylation is 1. The summed E-state index contributed by atoms with van der Waals surface area (Å²) >= 11 is 0. The van der Waals surface area contributed by atoms with Crippen LogP contribution in [0.4, 0.5) is 5.82 Å². The van der Waals surface area contributed by atoms with Crippen LogP contribution in [0.1, 0.15) is 27.7 Å². The van der Waals surface area contributed by atoms with Gasteiger partial charge in [0, 0.05) is 26.0 Å². The van der Waals surface area contributed by atoms with Crippen LogP contribution in [-0.2, 0) is 7.05 Å². The summed E-state index contributed by atoms with van der Waals surface area (Å²) in [4.78, 5) is 15.9. The molecule has 1 aliphatic rings. The van der Waals surface area contributed by atoms with Crippen molar-refractivity contribution in [3.63, 3.8) is 0 Å². The van der Waals surface area contributed by atoms with E-state index in [1.807, 2.05) is 0 Å². The molecule has 4 nitrogen and oxygen atoms in total. The third-order valence-electron chi connectivity index (χ3n) is 4.81. The zero-order valence-electron chi connectivity index (χ0n) is 11.2. The number of hydrogen-bond acceptors (Lipinski definition) is 3. The van der Waals surface area contributed by atoms with Gasteiger partial charge in [0.15, 0.2) is 5.82 Å². The van der Waals surface area contributed by atoms with Crippen molar-refractivity contribution < 1.29 is 0 Å². The molecule has 0 saturated heterocycles. The lowest BCUT2D eigenvalue weighted by Crippen LogP contribution is -2.23. The van der Waals surface area contributed by atoms with E-state index in [-0.39, 0.29) is 5.56 Å². The summed E-state index contributed by atoms with van der Waals surface area (Å²) in [5.74, 6) is 1.04. The van der Waals surface area contributed by atoms with Gasteiger partial charge in [-0.3, -0.25) is 4.79 Å². The van der Waals surface area contributed by atoms with Crippen molar-refractivity contribution in [3.8, 4) is 0 Å². The maximum atomic E-state index is 11.8. The van der Waals surface area contributed by atoms with E-state index in [4.69, 9.17) is 0 Å². The topological polar surface area (TPSA) is 46.9 Å². The van der Waals surface area contributed by atoms with Crippen LogP contribution >= 0.6 is 0 Å². The molecule has 4 heteroatoms. The number of rotatable bonds is 3. The Labute approximate surface area is 102 Å². The lowest BCUT2D eigenvalue weighted by molar-refractivity contribution is 0.457. The maximum absolute atomic E-state index is 11.8. The van der Waals surface area contributed by atoms with Crippen molar-refractivity contribution >= 4 is 5.82 Å². The van der Waals surface area contributed by atoms with Crippen molar-refractivity contribution in [1.29, 1.82) is 0 Å². The SMILES string of the molecule is Cn1ccnc(NCC2C(C)(C)C2(C)C)c1=O. The molecule has 1 fully saturated rings. The Hall–Kier alpha value is -1.32. The molecule has 0 amide bonds. The Bertz CT molecular complexity index is 474. The Morgan fingerprint density at radius 3 is 2.47 bits per heavy atom. The second-order valence-corrected chi connectivity index (χ2v) is 6.07. The van der Waals surface area contributed by atoms with Gasteiger partial charge < -0.3 is 9.88 Å². The van der Waals surface area contributed by atoms with Crippen LogP contribution in [0, 0.1) is 16.7 Å². The van der Waals surface area contributed by atoms with Crippen molar-refractivity contribution in [2.75, 3.05) is 11.9 Å². The molecule has 1 heterocycles. The van der Waals surface area contributed by atoms with Crippen molar-refractivity contribution in [3.05, 3.63) is 22.7 Å². The molecular weight excluding hydrogens is 214 g/mol. The average molecular weight is 235 g/mol. The number of nitrogens with one attached hydrogen (secondary N) is 1. The summed E-state index contributed by atoms with van der Waals surface area (Å²) in [6, 6.07) is 0. The molecule has 1 saturated carbocycles. The highest BCUT2D eigenvalue weighted by atomic mass is 16.1. The number of anilines is 1. The molecule has 1 N–H and O–H groups in total. The van der Waals surface area contributed by atoms with Gasteiger partial charge in [0.25, 0.3) is 5.56 Å². The first-order valence-corrected chi connectivity index (χ1v) is 6.04. The lowest BCUT2D eigenvalue weighted by Gasteiger charge is -2.07. The molecule has 1 aromatic rings. The second kappa shape index (κ2) is 3.59. The van der Waals surface area contributed by atoms with E-state index in [1.54, 1.807) is 24.0 Å². The average Bonchev–Trinajstić information content (AvgIpc) is 2.61. The molecule has 2 rings (SSSR count). The minimum atomic E-state index is -0.0660. The van der Waals surface area contributed by atoms with Gasteiger partial charge in [0.1, 0.15) is 0 Å². The van der Waals surface area contributed by atoms with Gasteiger partial charge in [0.05, 0.1) is 0 Å². The molecule has 0 bridgehead atoms. The van der Waals surface area contributed by atoms with E-state index in [1.165, 1.54) is 0 Å². The monoisotopic (exact) mass is 235 g/mol. The Kier molecular flexibility index (Phi) is 2.56. The van der Waals surface area contributed by atoms with Crippen molar-refractivity contribution in [2.45, 2.75) is 27.7 Å². The highest BCUT2D eigenvalue weighted by Gasteiger charge is 2.64. The third-order valence-corrected chi connectivity index (χ3v) is 4.81. The van der Waals surface area contributed by atoms with Gasteiger partial charge in [-0.15, -0.1) is 0 Å². The van der Waals surface area contributed by atoms with Crippen LogP contribution in [0.3, 0.4) is 0 Å². The van der Waals surface area contributed by atoms with E-state index in [9.17, 15) is 4.79 Å². The molecule has 0 atom stereocenters. The van der Waals surface area contributed by atoms with E-state index >= 15 is 0 Å². The normalized spacial score (nSPS) is 21.2. The molecule has 94 valence electrons. The minimum absolute atomic E-state index is 0.0660. The molecule has 0 aromatic carbocycles. The number of hydrogen-bond donors (Lipinski definition) is 1. The molecule has 1 aliphatic carbocycles. The summed E-state index contributed by atoms with van der Waals surface area (Å²) in [6.45, 7) is 9.91. The minimum Gasteiger partial charge on any atom is -0.365 e. The molecular formula is C13H21N3O. The van der Waals surface area contributed by atoms with Crippen LogP contribution < -0.4 is 10.9 Å². The fraction of sp³-hybridized carbons (Fsp3) is 0.692. The van der Waals surface area contributed by atoms with Gasteiger partial charge in [-0.1, -0.05) is 27.7 Å². The largest absolute Gasteiger partial charge is 0.365 e.